The monoisotopic (exact) mass is 562 g/mol. The van der Waals surface area contributed by atoms with Gasteiger partial charge in [0, 0.05) is 34.1 Å². The molecule has 39 heavy (non-hydrogen) atoms. The number of pyridine rings is 1. The van der Waals surface area contributed by atoms with Gasteiger partial charge in [0.2, 0.25) is 17.7 Å². The summed E-state index contributed by atoms with van der Waals surface area (Å²) in [5, 5.41) is 3.79. The van der Waals surface area contributed by atoms with Crippen molar-refractivity contribution in [2.45, 2.75) is 35.6 Å². The van der Waals surface area contributed by atoms with Crippen LogP contribution in [-0.2, 0) is 14.4 Å². The average molecular weight is 563 g/mol. The number of methoxy groups -OCH3 is 1. The number of rotatable bonds is 5. The SMILES string of the molecule is COc1ccc(NC(=O)C(C)N2C(=O)C3C4CC(C3C2=O)C2C(c3cccnc3)c3sc(=O)[nH]c3SC42)cc1. The summed E-state index contributed by atoms with van der Waals surface area (Å²) in [4.78, 5) is 62.6. The molecule has 8 atom stereocenters. The van der Waals surface area contributed by atoms with Gasteiger partial charge < -0.3 is 15.0 Å². The number of H-pyrrole nitrogens is 1. The second-order valence-corrected chi connectivity index (χ2v) is 12.9. The summed E-state index contributed by atoms with van der Waals surface area (Å²) in [6.07, 6.45) is 4.37. The number of aromatic nitrogens is 2. The number of thioether (sulfide) groups is 1. The number of benzene rings is 1. The van der Waals surface area contributed by atoms with Gasteiger partial charge in [-0.05, 0) is 67.0 Å². The van der Waals surface area contributed by atoms with E-state index in [2.05, 4.69) is 15.3 Å². The zero-order chi connectivity index (χ0) is 27.0. The largest absolute Gasteiger partial charge is 0.497 e. The van der Waals surface area contributed by atoms with Crippen LogP contribution in [0.2, 0.25) is 0 Å². The molecule has 3 fully saturated rings. The van der Waals surface area contributed by atoms with Crippen LogP contribution < -0.4 is 14.9 Å². The van der Waals surface area contributed by atoms with Crippen LogP contribution in [0.3, 0.4) is 0 Å². The third-order valence-electron chi connectivity index (χ3n) is 8.93. The molecule has 0 radical (unpaired) electrons. The maximum absolute atomic E-state index is 13.9. The molecule has 200 valence electrons. The average Bonchev–Trinajstić information content (AvgIpc) is 3.68. The number of carbonyl (C=O) groups excluding carboxylic acids is 3. The molecule has 9 nitrogen and oxygen atoms in total. The lowest BCUT2D eigenvalue weighted by Gasteiger charge is -2.42. The Hall–Kier alpha value is -3.44. The molecule has 1 aromatic carbocycles. The lowest BCUT2D eigenvalue weighted by Crippen LogP contribution is -2.46. The summed E-state index contributed by atoms with van der Waals surface area (Å²) >= 11 is 2.87. The van der Waals surface area contributed by atoms with Gasteiger partial charge in [-0.2, -0.15) is 0 Å². The molecule has 4 heterocycles. The fourth-order valence-electron chi connectivity index (χ4n) is 7.39. The van der Waals surface area contributed by atoms with Gasteiger partial charge in [-0.3, -0.25) is 29.1 Å². The molecule has 3 amide bonds. The van der Waals surface area contributed by atoms with Gasteiger partial charge in [0.1, 0.15) is 11.8 Å². The molecule has 2 N–H and O–H groups in total. The van der Waals surface area contributed by atoms with Gasteiger partial charge in [-0.15, -0.1) is 11.8 Å². The van der Waals surface area contributed by atoms with Crippen molar-refractivity contribution in [3.05, 3.63) is 68.9 Å². The van der Waals surface area contributed by atoms with E-state index in [4.69, 9.17) is 4.74 Å². The van der Waals surface area contributed by atoms with E-state index in [0.29, 0.717) is 11.4 Å². The maximum Gasteiger partial charge on any atom is 0.305 e. The predicted molar refractivity (Wildman–Crippen MR) is 146 cm³/mol. The van der Waals surface area contributed by atoms with Crippen molar-refractivity contribution in [2.75, 3.05) is 12.4 Å². The summed E-state index contributed by atoms with van der Waals surface area (Å²) in [6.45, 7) is 1.61. The van der Waals surface area contributed by atoms with E-state index in [1.807, 2.05) is 18.3 Å². The van der Waals surface area contributed by atoms with Crippen LogP contribution in [0.4, 0.5) is 5.69 Å². The van der Waals surface area contributed by atoms with E-state index < -0.39 is 23.8 Å². The Labute approximate surface area is 232 Å². The highest BCUT2D eigenvalue weighted by atomic mass is 32.2. The molecular formula is C28H26N4O5S2. The number of fused-ring (bicyclic) bond motifs is 9. The van der Waals surface area contributed by atoms with E-state index >= 15 is 0 Å². The molecule has 8 unspecified atom stereocenters. The number of imide groups is 1. The number of anilines is 1. The number of ether oxygens (including phenoxy) is 1. The first-order valence-electron chi connectivity index (χ1n) is 13.0. The van der Waals surface area contributed by atoms with Crippen molar-refractivity contribution in [2.24, 2.45) is 29.6 Å². The first-order chi connectivity index (χ1) is 18.9. The standard InChI is InChI=1S/C28H26N4O5S2/c1-12(24(33)30-14-5-7-15(37-2)8-6-14)32-26(34)20-16-10-17(21(20)27(32)35)22-19(16)18(13-4-3-9-29-11-13)23-25(38-22)31-28(36)39-23/h3-9,11-12,16-22H,10H2,1-2H3,(H,30,33)(H,31,36). The Morgan fingerprint density at radius 2 is 1.87 bits per heavy atom. The lowest BCUT2D eigenvalue weighted by molar-refractivity contribution is -0.146. The second-order valence-electron chi connectivity index (χ2n) is 10.7. The van der Waals surface area contributed by atoms with Crippen LogP contribution in [0.1, 0.15) is 29.7 Å². The van der Waals surface area contributed by atoms with Crippen molar-refractivity contribution in [1.29, 1.82) is 0 Å². The topological polar surface area (TPSA) is 121 Å². The minimum Gasteiger partial charge on any atom is -0.497 e. The van der Waals surface area contributed by atoms with Crippen molar-refractivity contribution in [3.8, 4) is 5.75 Å². The molecule has 11 heteroatoms. The van der Waals surface area contributed by atoms with E-state index in [-0.39, 0.29) is 45.6 Å². The van der Waals surface area contributed by atoms with Gasteiger partial charge in [0.05, 0.1) is 24.0 Å². The molecule has 1 saturated heterocycles. The van der Waals surface area contributed by atoms with Gasteiger partial charge in [-0.25, -0.2) is 0 Å². The van der Waals surface area contributed by atoms with Gasteiger partial charge in [0.15, 0.2) is 0 Å². The smallest absolute Gasteiger partial charge is 0.305 e. The molecule has 2 saturated carbocycles. The van der Waals surface area contributed by atoms with Crippen molar-refractivity contribution in [1.82, 2.24) is 14.9 Å². The lowest BCUT2D eigenvalue weighted by atomic mass is 9.68. The maximum atomic E-state index is 13.9. The fourth-order valence-corrected chi connectivity index (χ4v) is 10.3. The van der Waals surface area contributed by atoms with E-state index in [1.165, 1.54) is 16.2 Å². The number of nitrogens with one attached hydrogen (secondary N) is 2. The number of hydrogen-bond acceptors (Lipinski definition) is 8. The quantitative estimate of drug-likeness (QED) is 0.458. The highest BCUT2D eigenvalue weighted by molar-refractivity contribution is 8.00. The number of likely N-dealkylation sites (tertiary alicyclic amines) is 1. The Bertz CT molecular complexity index is 1540. The van der Waals surface area contributed by atoms with Crippen LogP contribution in [-0.4, -0.2) is 51.0 Å². The predicted octanol–water partition coefficient (Wildman–Crippen LogP) is 3.34. The Kier molecular flexibility index (Phi) is 5.71. The molecule has 2 aromatic heterocycles. The number of carbonyl (C=O) groups is 3. The minimum atomic E-state index is -0.932. The summed E-state index contributed by atoms with van der Waals surface area (Å²) in [5.41, 5.74) is 1.59. The van der Waals surface area contributed by atoms with Crippen molar-refractivity contribution < 1.29 is 19.1 Å². The zero-order valence-electron chi connectivity index (χ0n) is 21.2. The molecule has 3 aromatic rings. The summed E-state index contributed by atoms with van der Waals surface area (Å²) < 4.78 is 5.16. The second kappa shape index (κ2) is 9.06. The fraction of sp³-hybridized carbons (Fsp3) is 0.393. The molecule has 2 aliphatic heterocycles. The van der Waals surface area contributed by atoms with E-state index in [0.717, 1.165) is 21.9 Å². The normalized spacial score (nSPS) is 31.0. The van der Waals surface area contributed by atoms with Gasteiger partial charge in [0.25, 0.3) is 0 Å². The number of aromatic amines is 1. The van der Waals surface area contributed by atoms with E-state index in [1.54, 1.807) is 56.3 Å². The van der Waals surface area contributed by atoms with Gasteiger partial charge >= 0.3 is 4.87 Å². The van der Waals surface area contributed by atoms with Crippen LogP contribution in [0.15, 0.2) is 58.6 Å². The Morgan fingerprint density at radius 3 is 2.56 bits per heavy atom. The number of nitrogens with zero attached hydrogens (tertiary/aromatic N) is 2. The van der Waals surface area contributed by atoms with Crippen LogP contribution in [0, 0.1) is 29.6 Å². The molecule has 0 spiro atoms. The zero-order valence-corrected chi connectivity index (χ0v) is 22.8. The summed E-state index contributed by atoms with van der Waals surface area (Å²) in [7, 11) is 1.57. The highest BCUT2D eigenvalue weighted by Crippen LogP contribution is 2.68. The third kappa shape index (κ3) is 3.62. The summed E-state index contributed by atoms with van der Waals surface area (Å²) in [6, 6.07) is 9.90. The first-order valence-corrected chi connectivity index (χ1v) is 14.7. The third-order valence-corrected chi connectivity index (χ3v) is 11.5. The van der Waals surface area contributed by atoms with Crippen molar-refractivity contribution in [3.63, 3.8) is 0 Å². The van der Waals surface area contributed by atoms with Crippen LogP contribution in [0.5, 0.6) is 5.75 Å². The van der Waals surface area contributed by atoms with Gasteiger partial charge in [-0.1, -0.05) is 17.4 Å². The molecule has 7 rings (SSSR count). The molecule has 4 aliphatic rings. The number of thiazole rings is 1. The summed E-state index contributed by atoms with van der Waals surface area (Å²) in [5.74, 6) is -1.10. The highest BCUT2D eigenvalue weighted by Gasteiger charge is 2.70. The van der Waals surface area contributed by atoms with Crippen molar-refractivity contribution >= 4 is 46.5 Å². The van der Waals surface area contributed by atoms with Crippen LogP contribution in [0.25, 0.3) is 0 Å². The minimum absolute atomic E-state index is 0.00372. The first kappa shape index (κ1) is 24.6. The molecule has 2 aliphatic carbocycles. The molecule has 2 bridgehead atoms. The Morgan fingerprint density at radius 1 is 1.13 bits per heavy atom. The van der Waals surface area contributed by atoms with Crippen LogP contribution >= 0.6 is 23.1 Å². The number of amides is 3. The molecular weight excluding hydrogens is 536 g/mol. The van der Waals surface area contributed by atoms with E-state index in [9.17, 15) is 19.2 Å². The number of hydrogen-bond donors (Lipinski definition) is 2. The Balaban J connectivity index is 1.18.